The van der Waals surface area contributed by atoms with Gasteiger partial charge < -0.3 is 43.8 Å². The van der Waals surface area contributed by atoms with E-state index in [1.807, 2.05) is 6.07 Å². The molecule has 4 aromatic rings. The van der Waals surface area contributed by atoms with E-state index >= 15 is 0 Å². The first-order chi connectivity index (χ1) is 20.3. The highest BCUT2D eigenvalue weighted by Crippen LogP contribution is 2.44. The molecule has 0 fully saturated rings. The maximum absolute atomic E-state index is 12.8. The van der Waals surface area contributed by atoms with Crippen LogP contribution < -0.4 is 24.4 Å². The number of benzene rings is 3. The van der Waals surface area contributed by atoms with E-state index in [0.29, 0.717) is 29.4 Å². The van der Waals surface area contributed by atoms with Gasteiger partial charge in [0.1, 0.15) is 22.5 Å². The van der Waals surface area contributed by atoms with Crippen molar-refractivity contribution >= 4 is 11.0 Å². The molecule has 10 nitrogen and oxygen atoms in total. The van der Waals surface area contributed by atoms with Crippen LogP contribution in [0.5, 0.6) is 40.2 Å². The van der Waals surface area contributed by atoms with Crippen molar-refractivity contribution in [3.8, 4) is 51.6 Å². The predicted octanol–water partition coefficient (Wildman–Crippen LogP) is 5.81. The van der Waals surface area contributed by atoms with Gasteiger partial charge in [-0.25, -0.2) is 0 Å². The van der Waals surface area contributed by atoms with E-state index in [0.717, 1.165) is 18.9 Å². The van der Waals surface area contributed by atoms with Gasteiger partial charge in [0, 0.05) is 23.3 Å². The number of aliphatic hydroxyl groups is 1. The fourth-order valence-corrected chi connectivity index (χ4v) is 5.03. The second-order valence-electron chi connectivity index (χ2n) is 10.2. The monoisotopic (exact) mass is 578 g/mol. The van der Waals surface area contributed by atoms with E-state index in [-0.39, 0.29) is 40.4 Å². The number of fused-ring (bicyclic) bond motifs is 2. The SMILES string of the molecule is CCCCCCCOc1ccc(C2Oc3cc(-c4oc5cc(O)cc(O)c5c(=O)c4O)ccc3OC2CO)cc1OC. The van der Waals surface area contributed by atoms with Crippen molar-refractivity contribution in [3.05, 3.63) is 64.3 Å². The maximum atomic E-state index is 12.8. The lowest BCUT2D eigenvalue weighted by Crippen LogP contribution is -2.36. The Labute approximate surface area is 242 Å². The van der Waals surface area contributed by atoms with Crippen LogP contribution in [0.25, 0.3) is 22.3 Å². The summed E-state index contributed by atoms with van der Waals surface area (Å²) in [5.41, 5.74) is 0.0161. The van der Waals surface area contributed by atoms with Crippen LogP contribution in [0.15, 0.2) is 57.7 Å². The molecule has 5 rings (SSSR count). The molecule has 10 heteroatoms. The minimum absolute atomic E-state index is 0.103. The Morgan fingerprint density at radius 2 is 1.69 bits per heavy atom. The molecule has 1 aromatic heterocycles. The zero-order valence-electron chi connectivity index (χ0n) is 23.5. The third-order valence-electron chi connectivity index (χ3n) is 7.21. The van der Waals surface area contributed by atoms with Crippen LogP contribution in [0.1, 0.15) is 50.7 Å². The summed E-state index contributed by atoms with van der Waals surface area (Å²) < 4.78 is 29.6. The van der Waals surface area contributed by atoms with Crippen LogP contribution in [0, 0.1) is 0 Å². The Morgan fingerprint density at radius 1 is 0.881 bits per heavy atom. The predicted molar refractivity (Wildman–Crippen MR) is 155 cm³/mol. The second-order valence-corrected chi connectivity index (χ2v) is 10.2. The molecule has 0 spiro atoms. The molecule has 222 valence electrons. The first-order valence-electron chi connectivity index (χ1n) is 14.0. The summed E-state index contributed by atoms with van der Waals surface area (Å²) in [6, 6.07) is 12.2. The quantitative estimate of drug-likeness (QED) is 0.161. The number of phenolic OH excluding ortho intramolecular Hbond substituents is 2. The normalized spacial score (nSPS) is 16.0. The first-order valence-corrected chi connectivity index (χ1v) is 14.0. The van der Waals surface area contributed by atoms with Crippen molar-refractivity contribution in [1.29, 1.82) is 0 Å². The minimum Gasteiger partial charge on any atom is -0.508 e. The molecule has 1 aliphatic rings. The lowest BCUT2D eigenvalue weighted by atomic mass is 10.0. The number of methoxy groups -OCH3 is 1. The lowest BCUT2D eigenvalue weighted by Gasteiger charge is -2.33. The molecule has 3 aromatic carbocycles. The Balaban J connectivity index is 1.42. The van der Waals surface area contributed by atoms with Crippen molar-refractivity contribution in [1.82, 2.24) is 0 Å². The molecule has 0 radical (unpaired) electrons. The number of rotatable bonds is 11. The number of unbranched alkanes of at least 4 members (excludes halogenated alkanes) is 4. The van der Waals surface area contributed by atoms with E-state index in [1.165, 1.54) is 31.4 Å². The summed E-state index contributed by atoms with van der Waals surface area (Å²) in [6.07, 6.45) is 4.18. The summed E-state index contributed by atoms with van der Waals surface area (Å²) >= 11 is 0. The van der Waals surface area contributed by atoms with Gasteiger partial charge in [-0.15, -0.1) is 0 Å². The zero-order chi connectivity index (χ0) is 29.8. The summed E-state index contributed by atoms with van der Waals surface area (Å²) in [5, 5.41) is 40.4. The van der Waals surface area contributed by atoms with Crippen LogP contribution in [-0.2, 0) is 0 Å². The summed E-state index contributed by atoms with van der Waals surface area (Å²) in [5.74, 6) is 0.0543. The van der Waals surface area contributed by atoms with Gasteiger partial charge in [0.15, 0.2) is 41.0 Å². The third-order valence-corrected chi connectivity index (χ3v) is 7.21. The highest BCUT2D eigenvalue weighted by Gasteiger charge is 2.34. The fourth-order valence-electron chi connectivity index (χ4n) is 5.03. The molecule has 0 aliphatic carbocycles. The van der Waals surface area contributed by atoms with Crippen LogP contribution in [0.3, 0.4) is 0 Å². The smallest absolute Gasteiger partial charge is 0.238 e. The number of ether oxygens (including phenoxy) is 4. The van der Waals surface area contributed by atoms with E-state index in [1.54, 1.807) is 31.4 Å². The Kier molecular flexibility index (Phi) is 8.63. The highest BCUT2D eigenvalue weighted by molar-refractivity contribution is 5.88. The van der Waals surface area contributed by atoms with E-state index in [4.69, 9.17) is 23.4 Å². The molecule has 1 aliphatic heterocycles. The molecule has 2 heterocycles. The number of aliphatic hydroxyl groups excluding tert-OH is 1. The van der Waals surface area contributed by atoms with Gasteiger partial charge in [0.05, 0.1) is 20.3 Å². The van der Waals surface area contributed by atoms with Crippen LogP contribution in [0.4, 0.5) is 0 Å². The number of hydrogen-bond acceptors (Lipinski definition) is 10. The fraction of sp³-hybridized carbons (Fsp3) is 0.344. The van der Waals surface area contributed by atoms with E-state index in [9.17, 15) is 25.2 Å². The van der Waals surface area contributed by atoms with Gasteiger partial charge in [0.25, 0.3) is 0 Å². The van der Waals surface area contributed by atoms with Crippen LogP contribution in [-0.4, -0.2) is 46.9 Å². The Morgan fingerprint density at radius 3 is 2.45 bits per heavy atom. The topological polar surface area (TPSA) is 148 Å². The first kappa shape index (κ1) is 28.9. The molecule has 0 amide bonds. The average Bonchev–Trinajstić information content (AvgIpc) is 2.99. The molecule has 0 saturated heterocycles. The van der Waals surface area contributed by atoms with E-state index < -0.39 is 29.1 Å². The average molecular weight is 579 g/mol. The highest BCUT2D eigenvalue weighted by atomic mass is 16.6. The number of hydrogen-bond donors (Lipinski definition) is 4. The molecule has 4 N–H and O–H groups in total. The molecular formula is C32H34O10. The summed E-state index contributed by atoms with van der Waals surface area (Å²) in [4.78, 5) is 12.8. The van der Waals surface area contributed by atoms with Gasteiger partial charge >= 0.3 is 0 Å². The van der Waals surface area contributed by atoms with Crippen molar-refractivity contribution < 1.29 is 43.8 Å². The van der Waals surface area contributed by atoms with Gasteiger partial charge in [-0.05, 0) is 36.8 Å². The second kappa shape index (κ2) is 12.5. The molecule has 2 atom stereocenters. The summed E-state index contributed by atoms with van der Waals surface area (Å²) in [7, 11) is 1.56. The van der Waals surface area contributed by atoms with Gasteiger partial charge in [0.2, 0.25) is 11.2 Å². The summed E-state index contributed by atoms with van der Waals surface area (Å²) in [6.45, 7) is 2.43. The van der Waals surface area contributed by atoms with Crippen molar-refractivity contribution in [2.75, 3.05) is 20.3 Å². The lowest BCUT2D eigenvalue weighted by molar-refractivity contribution is -0.0123. The zero-order valence-corrected chi connectivity index (χ0v) is 23.5. The van der Waals surface area contributed by atoms with Crippen molar-refractivity contribution in [2.24, 2.45) is 0 Å². The van der Waals surface area contributed by atoms with E-state index in [2.05, 4.69) is 6.92 Å². The largest absolute Gasteiger partial charge is 0.508 e. The molecular weight excluding hydrogens is 544 g/mol. The van der Waals surface area contributed by atoms with Crippen molar-refractivity contribution in [3.63, 3.8) is 0 Å². The molecule has 42 heavy (non-hydrogen) atoms. The Bertz CT molecular complexity index is 1630. The Hall–Kier alpha value is -4.57. The molecule has 0 bridgehead atoms. The maximum Gasteiger partial charge on any atom is 0.238 e. The van der Waals surface area contributed by atoms with Crippen molar-refractivity contribution in [2.45, 2.75) is 51.2 Å². The molecule has 2 unspecified atom stereocenters. The van der Waals surface area contributed by atoms with Crippen LogP contribution >= 0.6 is 0 Å². The minimum atomic E-state index is -0.854. The van der Waals surface area contributed by atoms with Gasteiger partial charge in [-0.1, -0.05) is 38.7 Å². The van der Waals surface area contributed by atoms with Crippen LogP contribution in [0.2, 0.25) is 0 Å². The van der Waals surface area contributed by atoms with Gasteiger partial charge in [-0.2, -0.15) is 0 Å². The standard InChI is InChI=1S/C32H34O10/c1-3-4-5-6-7-12-39-22-10-8-18(13-24(22)38-2)31-27(17-33)40-23-11-9-19(14-25(23)41-31)32-30(37)29(36)28-21(35)15-20(34)16-26(28)42-32/h8-11,13-16,27,31,33-35,37H,3-7,12,17H2,1-2H3. The number of aromatic hydroxyl groups is 3. The molecule has 0 saturated carbocycles. The van der Waals surface area contributed by atoms with Gasteiger partial charge in [-0.3, -0.25) is 4.79 Å². The third kappa shape index (κ3) is 5.75. The number of phenols is 2.